The molecule has 0 radical (unpaired) electrons. The average Bonchev–Trinajstić information content (AvgIpc) is 2.68. The first-order valence-corrected chi connectivity index (χ1v) is 7.40. The SMILES string of the molecule is CCCN(CC(=O)OC)S(=O)(=O)c1c(Cl)cnn1C. The molecule has 1 heterocycles. The lowest BCUT2D eigenvalue weighted by Gasteiger charge is -2.20. The summed E-state index contributed by atoms with van der Waals surface area (Å²) in [5.74, 6) is -0.629. The second kappa shape index (κ2) is 6.36. The van der Waals surface area contributed by atoms with E-state index in [9.17, 15) is 13.2 Å². The third kappa shape index (κ3) is 3.46. The molecule has 0 aliphatic rings. The first kappa shape index (κ1) is 15.9. The molecule has 0 amide bonds. The predicted octanol–water partition coefficient (Wildman–Crippen LogP) is 0.647. The number of rotatable bonds is 6. The third-order valence-electron chi connectivity index (χ3n) is 2.43. The number of sulfonamides is 1. The fourth-order valence-corrected chi connectivity index (χ4v) is 3.64. The zero-order valence-electron chi connectivity index (χ0n) is 11.0. The van der Waals surface area contributed by atoms with E-state index in [1.54, 1.807) is 0 Å². The Morgan fingerprint density at radius 1 is 1.58 bits per heavy atom. The van der Waals surface area contributed by atoms with Crippen molar-refractivity contribution in [2.75, 3.05) is 20.2 Å². The molecule has 0 aromatic carbocycles. The number of aryl methyl sites for hydroxylation is 1. The summed E-state index contributed by atoms with van der Waals surface area (Å²) in [6, 6.07) is 0. The van der Waals surface area contributed by atoms with Gasteiger partial charge in [0, 0.05) is 13.6 Å². The molecule has 1 aromatic rings. The molecular weight excluding hydrogens is 294 g/mol. The van der Waals surface area contributed by atoms with Gasteiger partial charge in [-0.3, -0.25) is 9.48 Å². The highest BCUT2D eigenvalue weighted by atomic mass is 35.5. The second-order valence-corrected chi connectivity index (χ2v) is 6.10. The van der Waals surface area contributed by atoms with E-state index in [1.807, 2.05) is 6.92 Å². The average molecular weight is 310 g/mol. The van der Waals surface area contributed by atoms with Crippen molar-refractivity contribution in [1.82, 2.24) is 14.1 Å². The fraction of sp³-hybridized carbons (Fsp3) is 0.600. The molecule has 0 saturated carbocycles. The van der Waals surface area contributed by atoms with Crippen molar-refractivity contribution in [2.45, 2.75) is 18.4 Å². The van der Waals surface area contributed by atoms with Gasteiger partial charge in [-0.2, -0.15) is 9.40 Å². The van der Waals surface area contributed by atoms with Gasteiger partial charge in [-0.15, -0.1) is 0 Å². The van der Waals surface area contributed by atoms with Crippen molar-refractivity contribution in [1.29, 1.82) is 0 Å². The Kier molecular flexibility index (Phi) is 5.33. The minimum Gasteiger partial charge on any atom is -0.468 e. The topological polar surface area (TPSA) is 81.5 Å². The normalized spacial score (nSPS) is 11.8. The third-order valence-corrected chi connectivity index (χ3v) is 4.79. The molecule has 1 rings (SSSR count). The van der Waals surface area contributed by atoms with Crippen LogP contribution >= 0.6 is 11.6 Å². The van der Waals surface area contributed by atoms with E-state index >= 15 is 0 Å². The van der Waals surface area contributed by atoms with Gasteiger partial charge in [0.05, 0.1) is 18.3 Å². The van der Waals surface area contributed by atoms with Crippen LogP contribution in [0, 0.1) is 0 Å². The number of aromatic nitrogens is 2. The maximum atomic E-state index is 12.4. The number of methoxy groups -OCH3 is 1. The van der Waals surface area contributed by atoms with E-state index in [1.165, 1.54) is 20.4 Å². The number of carbonyl (C=O) groups excluding carboxylic acids is 1. The van der Waals surface area contributed by atoms with Crippen LogP contribution in [0.5, 0.6) is 0 Å². The van der Waals surface area contributed by atoms with Crippen molar-refractivity contribution in [2.24, 2.45) is 7.05 Å². The molecule has 7 nitrogen and oxygen atoms in total. The van der Waals surface area contributed by atoms with Crippen molar-refractivity contribution in [3.8, 4) is 0 Å². The van der Waals surface area contributed by atoms with Crippen LogP contribution < -0.4 is 0 Å². The van der Waals surface area contributed by atoms with Crippen LogP contribution in [0.3, 0.4) is 0 Å². The van der Waals surface area contributed by atoms with Gasteiger partial charge in [-0.1, -0.05) is 18.5 Å². The number of hydrogen-bond donors (Lipinski definition) is 0. The number of nitrogens with zero attached hydrogens (tertiary/aromatic N) is 3. The predicted molar refractivity (Wildman–Crippen MR) is 69.3 cm³/mol. The molecule has 0 aliphatic carbocycles. The summed E-state index contributed by atoms with van der Waals surface area (Å²) >= 11 is 5.84. The molecule has 108 valence electrons. The van der Waals surface area contributed by atoms with Gasteiger partial charge in [0.15, 0.2) is 5.03 Å². The van der Waals surface area contributed by atoms with Crippen LogP contribution in [0.4, 0.5) is 0 Å². The first-order valence-electron chi connectivity index (χ1n) is 5.59. The van der Waals surface area contributed by atoms with Crippen molar-refractivity contribution < 1.29 is 17.9 Å². The summed E-state index contributed by atoms with van der Waals surface area (Å²) in [5.41, 5.74) is 0. The maximum Gasteiger partial charge on any atom is 0.321 e. The molecule has 0 fully saturated rings. The molecule has 0 spiro atoms. The van der Waals surface area contributed by atoms with E-state index in [0.29, 0.717) is 6.42 Å². The highest BCUT2D eigenvalue weighted by molar-refractivity contribution is 7.89. The monoisotopic (exact) mass is 309 g/mol. The molecule has 1 aromatic heterocycles. The summed E-state index contributed by atoms with van der Waals surface area (Å²) in [6.45, 7) is 1.65. The van der Waals surface area contributed by atoms with Crippen LogP contribution in [-0.4, -0.2) is 48.7 Å². The lowest BCUT2D eigenvalue weighted by molar-refractivity contribution is -0.140. The number of esters is 1. The Balaban J connectivity index is 3.17. The smallest absolute Gasteiger partial charge is 0.321 e. The summed E-state index contributed by atoms with van der Waals surface area (Å²) in [7, 11) is -1.21. The fourth-order valence-electron chi connectivity index (χ4n) is 1.55. The zero-order chi connectivity index (χ0) is 14.6. The second-order valence-electron chi connectivity index (χ2n) is 3.84. The van der Waals surface area contributed by atoms with Gasteiger partial charge in [0.1, 0.15) is 6.54 Å². The molecule has 19 heavy (non-hydrogen) atoms. The van der Waals surface area contributed by atoms with E-state index < -0.39 is 16.0 Å². The number of carbonyl (C=O) groups is 1. The van der Waals surface area contributed by atoms with Gasteiger partial charge >= 0.3 is 5.97 Å². The molecule has 0 unspecified atom stereocenters. The molecule has 0 saturated heterocycles. The van der Waals surface area contributed by atoms with Crippen molar-refractivity contribution >= 4 is 27.6 Å². The summed E-state index contributed by atoms with van der Waals surface area (Å²) in [6.07, 6.45) is 1.81. The van der Waals surface area contributed by atoms with Gasteiger partial charge in [0.25, 0.3) is 10.0 Å². The van der Waals surface area contributed by atoms with Crippen LogP contribution in [0.1, 0.15) is 13.3 Å². The Morgan fingerprint density at radius 2 is 2.21 bits per heavy atom. The zero-order valence-corrected chi connectivity index (χ0v) is 12.5. The Hall–Kier alpha value is -1.12. The lowest BCUT2D eigenvalue weighted by atomic mass is 10.5. The maximum absolute atomic E-state index is 12.4. The summed E-state index contributed by atoms with van der Waals surface area (Å²) in [4.78, 5) is 11.3. The minimum absolute atomic E-state index is 0.0217. The van der Waals surface area contributed by atoms with E-state index in [4.69, 9.17) is 11.6 Å². The molecule has 0 bridgehead atoms. The van der Waals surface area contributed by atoms with Gasteiger partial charge < -0.3 is 4.74 Å². The Bertz CT molecular complexity index is 536. The molecular formula is C10H16ClN3O4S. The highest BCUT2D eigenvalue weighted by Gasteiger charge is 2.31. The van der Waals surface area contributed by atoms with Gasteiger partial charge in [-0.25, -0.2) is 8.42 Å². The lowest BCUT2D eigenvalue weighted by Crippen LogP contribution is -2.37. The molecule has 9 heteroatoms. The van der Waals surface area contributed by atoms with Crippen molar-refractivity contribution in [3.63, 3.8) is 0 Å². The van der Waals surface area contributed by atoms with E-state index in [2.05, 4.69) is 9.84 Å². The molecule has 0 atom stereocenters. The van der Waals surface area contributed by atoms with E-state index in [-0.39, 0.29) is 23.1 Å². The number of ether oxygens (including phenoxy) is 1. The van der Waals surface area contributed by atoms with Crippen molar-refractivity contribution in [3.05, 3.63) is 11.2 Å². The van der Waals surface area contributed by atoms with E-state index in [0.717, 1.165) is 8.99 Å². The molecule has 0 aliphatic heterocycles. The van der Waals surface area contributed by atoms with Gasteiger partial charge in [-0.05, 0) is 6.42 Å². The van der Waals surface area contributed by atoms with Crippen LogP contribution in [0.15, 0.2) is 11.2 Å². The quantitative estimate of drug-likeness (QED) is 0.721. The van der Waals surface area contributed by atoms with Crippen LogP contribution in [0.2, 0.25) is 5.02 Å². The van der Waals surface area contributed by atoms with Crippen LogP contribution in [-0.2, 0) is 26.6 Å². The standard InChI is InChI=1S/C10H16ClN3O4S/c1-4-5-14(7-9(15)18-3)19(16,17)10-8(11)6-12-13(10)2/h6H,4-5,7H2,1-3H3. The number of hydrogen-bond acceptors (Lipinski definition) is 5. The van der Waals surface area contributed by atoms with Crippen LogP contribution in [0.25, 0.3) is 0 Å². The first-order chi connectivity index (χ1) is 8.84. The highest BCUT2D eigenvalue weighted by Crippen LogP contribution is 2.23. The molecule has 0 N–H and O–H groups in total. The van der Waals surface area contributed by atoms with Gasteiger partial charge in [0.2, 0.25) is 0 Å². The number of halogens is 1. The minimum atomic E-state index is -3.89. The summed E-state index contributed by atoms with van der Waals surface area (Å²) in [5, 5.41) is 3.68. The Labute approximate surface area is 117 Å². The largest absolute Gasteiger partial charge is 0.468 e. The summed E-state index contributed by atoms with van der Waals surface area (Å²) < 4.78 is 31.6. The Morgan fingerprint density at radius 3 is 2.63 bits per heavy atom.